The average molecular weight is 496 g/mol. The molecule has 176 valence electrons. The van der Waals surface area contributed by atoms with Crippen LogP contribution in [-0.4, -0.2) is 36.0 Å². The highest BCUT2D eigenvalue weighted by atomic mass is 32.1. The largest absolute Gasteiger partial charge is 0.324 e. The van der Waals surface area contributed by atoms with Crippen LogP contribution in [0.25, 0.3) is 55.2 Å². The molecule has 1 aliphatic rings. The Morgan fingerprint density at radius 2 is 2.00 bits per heavy atom. The Hall–Kier alpha value is -4.44. The molecule has 0 spiro atoms. The second-order valence-electron chi connectivity index (χ2n) is 8.80. The van der Waals surface area contributed by atoms with E-state index in [0.717, 1.165) is 56.6 Å². The molecule has 1 saturated carbocycles. The minimum absolute atomic E-state index is 0.0460. The van der Waals surface area contributed by atoms with E-state index in [4.69, 9.17) is 4.98 Å². The summed E-state index contributed by atoms with van der Waals surface area (Å²) in [4.78, 5) is 29.7. The second-order valence-corrected chi connectivity index (χ2v) is 9.84. The molecule has 0 atom stereocenters. The fraction of sp³-hybridized carbons (Fsp3) is 0.115. The third-order valence-corrected chi connectivity index (χ3v) is 7.20. The number of amides is 1. The van der Waals surface area contributed by atoms with Crippen LogP contribution in [0, 0.1) is 11.0 Å². The van der Waals surface area contributed by atoms with E-state index in [9.17, 15) is 9.18 Å². The van der Waals surface area contributed by atoms with Crippen molar-refractivity contribution in [3.05, 3.63) is 66.2 Å². The molecule has 36 heavy (non-hydrogen) atoms. The van der Waals surface area contributed by atoms with Crippen LogP contribution in [0.4, 0.5) is 10.1 Å². The van der Waals surface area contributed by atoms with Gasteiger partial charge in [0.1, 0.15) is 11.2 Å². The summed E-state index contributed by atoms with van der Waals surface area (Å²) in [6, 6.07) is 12.9. The van der Waals surface area contributed by atoms with Crippen molar-refractivity contribution < 1.29 is 9.18 Å². The molecule has 1 fully saturated rings. The minimum Gasteiger partial charge on any atom is -0.324 e. The summed E-state index contributed by atoms with van der Waals surface area (Å²) < 4.78 is 13.7. The molecule has 5 heterocycles. The molecule has 0 saturated heterocycles. The lowest BCUT2D eigenvalue weighted by molar-refractivity contribution is -0.117. The van der Waals surface area contributed by atoms with Gasteiger partial charge in [-0.3, -0.25) is 14.9 Å². The van der Waals surface area contributed by atoms with Crippen molar-refractivity contribution in [1.29, 1.82) is 0 Å². The molecule has 1 amide bonds. The number of pyridine rings is 2. The molecule has 0 aliphatic heterocycles. The Labute approximate surface area is 207 Å². The van der Waals surface area contributed by atoms with Crippen molar-refractivity contribution in [2.24, 2.45) is 5.92 Å². The molecular weight excluding hydrogens is 477 g/mol. The molecule has 0 unspecified atom stereocenters. The number of hydrogen-bond acceptors (Lipinski definition) is 6. The number of imidazole rings is 1. The van der Waals surface area contributed by atoms with E-state index in [1.54, 1.807) is 24.7 Å². The fourth-order valence-electron chi connectivity index (χ4n) is 4.31. The maximum Gasteiger partial charge on any atom is 0.227 e. The third kappa shape index (κ3) is 3.62. The highest BCUT2D eigenvalue weighted by Gasteiger charge is 2.29. The van der Waals surface area contributed by atoms with Gasteiger partial charge in [-0.1, -0.05) is 6.07 Å². The summed E-state index contributed by atoms with van der Waals surface area (Å²) in [6.45, 7) is 0. The van der Waals surface area contributed by atoms with Gasteiger partial charge in [0.15, 0.2) is 16.6 Å². The van der Waals surface area contributed by atoms with E-state index < -0.39 is 0 Å². The number of benzene rings is 1. The van der Waals surface area contributed by atoms with Crippen molar-refractivity contribution in [1.82, 2.24) is 30.1 Å². The standard InChI is InChI=1S/C26H18FN7OS/c27-21-6-5-20(36-21)17-7-8-29-24-22(17)31-25(32-24)23-18-10-14(3-4-19(18)33-34-23)15-9-16(12-28-11-15)30-26(35)13-1-2-13/h3-13H,1-2H2,(H,30,35)(H,33,34)(H,29,31,32). The molecule has 10 heteroatoms. The van der Waals surface area contributed by atoms with Crippen LogP contribution in [0.3, 0.4) is 0 Å². The summed E-state index contributed by atoms with van der Waals surface area (Å²) in [6.07, 6.45) is 7.00. The second kappa shape index (κ2) is 8.06. The zero-order chi connectivity index (χ0) is 24.2. The number of halogens is 1. The van der Waals surface area contributed by atoms with Gasteiger partial charge in [-0.2, -0.15) is 9.49 Å². The van der Waals surface area contributed by atoms with Crippen LogP contribution in [0.1, 0.15) is 12.8 Å². The first kappa shape index (κ1) is 20.9. The van der Waals surface area contributed by atoms with Gasteiger partial charge in [-0.15, -0.1) is 11.3 Å². The van der Waals surface area contributed by atoms with Crippen LogP contribution in [0.5, 0.6) is 0 Å². The number of thiophene rings is 1. The van der Waals surface area contributed by atoms with E-state index in [-0.39, 0.29) is 17.0 Å². The van der Waals surface area contributed by atoms with Crippen LogP contribution in [0.15, 0.2) is 61.1 Å². The third-order valence-electron chi connectivity index (χ3n) is 6.30. The number of anilines is 1. The average Bonchev–Trinajstić information content (AvgIpc) is 3.30. The lowest BCUT2D eigenvalue weighted by Gasteiger charge is -2.07. The fourth-order valence-corrected chi connectivity index (χ4v) is 5.07. The summed E-state index contributed by atoms with van der Waals surface area (Å²) in [5.41, 5.74) is 6.08. The molecule has 8 nitrogen and oxygen atoms in total. The molecule has 0 bridgehead atoms. The first-order chi connectivity index (χ1) is 17.6. The van der Waals surface area contributed by atoms with Gasteiger partial charge >= 0.3 is 0 Å². The SMILES string of the molecule is O=C(Nc1cncc(-c2ccc3[nH]nc(-c4nc5c(-c6ccc(F)s6)ccnc5[nH]4)c3c2)c1)C1CC1. The Kier molecular flexibility index (Phi) is 4.68. The van der Waals surface area contributed by atoms with Gasteiger partial charge in [-0.25, -0.2) is 9.97 Å². The maximum absolute atomic E-state index is 13.7. The molecular formula is C26H18FN7OS. The van der Waals surface area contributed by atoms with Gasteiger partial charge in [0.05, 0.1) is 17.4 Å². The molecule has 1 aliphatic carbocycles. The Bertz CT molecular complexity index is 1780. The molecule has 7 rings (SSSR count). The van der Waals surface area contributed by atoms with E-state index >= 15 is 0 Å². The maximum atomic E-state index is 13.7. The summed E-state index contributed by atoms with van der Waals surface area (Å²) in [7, 11) is 0. The van der Waals surface area contributed by atoms with Gasteiger partial charge in [0.2, 0.25) is 5.91 Å². The van der Waals surface area contributed by atoms with Crippen LogP contribution in [-0.2, 0) is 4.79 Å². The first-order valence-corrected chi connectivity index (χ1v) is 12.3. The van der Waals surface area contributed by atoms with E-state index in [1.807, 2.05) is 30.3 Å². The zero-order valence-corrected chi connectivity index (χ0v) is 19.6. The van der Waals surface area contributed by atoms with Crippen molar-refractivity contribution in [3.8, 4) is 33.1 Å². The smallest absolute Gasteiger partial charge is 0.227 e. The summed E-state index contributed by atoms with van der Waals surface area (Å²) in [5, 5.41) is 11.2. The number of nitrogens with zero attached hydrogens (tertiary/aromatic N) is 4. The van der Waals surface area contributed by atoms with Gasteiger partial charge in [-0.05, 0) is 54.8 Å². The molecule has 3 N–H and O–H groups in total. The number of carbonyl (C=O) groups excluding carboxylic acids is 1. The van der Waals surface area contributed by atoms with E-state index in [1.165, 1.54) is 6.07 Å². The number of hydrogen-bond donors (Lipinski definition) is 3. The van der Waals surface area contributed by atoms with Crippen molar-refractivity contribution in [2.45, 2.75) is 12.8 Å². The lowest BCUT2D eigenvalue weighted by atomic mass is 10.0. The normalized spacial score (nSPS) is 13.5. The van der Waals surface area contributed by atoms with Gasteiger partial charge in [0.25, 0.3) is 0 Å². The summed E-state index contributed by atoms with van der Waals surface area (Å²) in [5.74, 6) is 0.731. The van der Waals surface area contributed by atoms with Crippen molar-refractivity contribution in [2.75, 3.05) is 5.32 Å². The number of fused-ring (bicyclic) bond motifs is 2. The number of aromatic amines is 2. The Morgan fingerprint density at radius 3 is 2.83 bits per heavy atom. The number of H-pyrrole nitrogens is 2. The van der Waals surface area contributed by atoms with Crippen LogP contribution >= 0.6 is 11.3 Å². The van der Waals surface area contributed by atoms with Gasteiger partial charge in [0, 0.05) is 39.7 Å². The predicted octanol–water partition coefficient (Wildman–Crippen LogP) is 5.78. The number of aromatic nitrogens is 6. The molecule has 1 aromatic carbocycles. The van der Waals surface area contributed by atoms with E-state index in [2.05, 4.69) is 30.5 Å². The minimum atomic E-state index is -0.248. The zero-order valence-electron chi connectivity index (χ0n) is 18.7. The molecule has 6 aromatic rings. The van der Waals surface area contributed by atoms with E-state index in [0.29, 0.717) is 28.4 Å². The highest BCUT2D eigenvalue weighted by Crippen LogP contribution is 2.35. The summed E-state index contributed by atoms with van der Waals surface area (Å²) >= 11 is 1.07. The predicted molar refractivity (Wildman–Crippen MR) is 137 cm³/mol. The number of carbonyl (C=O) groups is 1. The highest BCUT2D eigenvalue weighted by molar-refractivity contribution is 7.14. The lowest BCUT2D eigenvalue weighted by Crippen LogP contribution is -2.13. The first-order valence-electron chi connectivity index (χ1n) is 11.5. The van der Waals surface area contributed by atoms with Crippen LogP contribution < -0.4 is 5.32 Å². The number of rotatable bonds is 5. The quantitative estimate of drug-likeness (QED) is 0.281. The van der Waals surface area contributed by atoms with Crippen LogP contribution in [0.2, 0.25) is 0 Å². The topological polar surface area (TPSA) is 112 Å². The Balaban J connectivity index is 1.28. The number of nitrogens with one attached hydrogen (secondary N) is 3. The molecule has 0 radical (unpaired) electrons. The monoisotopic (exact) mass is 495 g/mol. The van der Waals surface area contributed by atoms with Crippen molar-refractivity contribution >= 4 is 45.0 Å². The molecule has 5 aromatic heterocycles. The Morgan fingerprint density at radius 1 is 1.08 bits per heavy atom. The van der Waals surface area contributed by atoms with Gasteiger partial charge < -0.3 is 10.3 Å². The van der Waals surface area contributed by atoms with Crippen molar-refractivity contribution in [3.63, 3.8) is 0 Å².